The van der Waals surface area contributed by atoms with Crippen LogP contribution in [0.3, 0.4) is 0 Å². The Hall–Kier alpha value is -2.11. The molecule has 1 aromatic carbocycles. The third-order valence-electron chi connectivity index (χ3n) is 7.34. The van der Waals surface area contributed by atoms with Gasteiger partial charge in [0.25, 0.3) is 5.91 Å². The summed E-state index contributed by atoms with van der Waals surface area (Å²) in [6.07, 6.45) is 6.36. The van der Waals surface area contributed by atoms with Crippen molar-refractivity contribution in [3.63, 3.8) is 0 Å². The van der Waals surface area contributed by atoms with Crippen LogP contribution in [0.4, 0.5) is 0 Å². The van der Waals surface area contributed by atoms with Crippen LogP contribution in [0, 0.1) is 5.92 Å². The molecule has 5 rings (SSSR count). The van der Waals surface area contributed by atoms with Crippen molar-refractivity contribution in [3.05, 3.63) is 47.7 Å². The Morgan fingerprint density at radius 1 is 1.23 bits per heavy atom. The van der Waals surface area contributed by atoms with Gasteiger partial charge < -0.3 is 14.2 Å². The van der Waals surface area contributed by atoms with Crippen LogP contribution in [0.1, 0.15) is 47.8 Å². The number of carbonyl (C=O) groups excluding carboxylic acids is 1. The summed E-state index contributed by atoms with van der Waals surface area (Å²) < 4.78 is 8.04. The molecule has 0 radical (unpaired) electrons. The minimum absolute atomic E-state index is 0.186. The molecule has 3 aliphatic rings. The third kappa shape index (κ3) is 3.48. The number of fused-ring (bicyclic) bond motifs is 3. The Kier molecular flexibility index (Phi) is 5.42. The van der Waals surface area contributed by atoms with E-state index in [0.29, 0.717) is 6.04 Å². The van der Waals surface area contributed by atoms with E-state index in [0.717, 1.165) is 83.1 Å². The number of allylic oxidation sites excluding steroid dienone is 1. The first-order valence-corrected chi connectivity index (χ1v) is 11.5. The van der Waals surface area contributed by atoms with Crippen LogP contribution < -0.4 is 0 Å². The average Bonchev–Trinajstić information content (AvgIpc) is 3.41. The molecule has 160 valence electrons. The molecule has 0 saturated carbocycles. The molecule has 0 N–H and O–H groups in total. The van der Waals surface area contributed by atoms with Gasteiger partial charge in [-0.05, 0) is 48.9 Å². The number of ether oxygens (including phenoxy) is 1. The molecule has 4 heterocycles. The number of hydrogen-bond donors (Lipinski definition) is 0. The fourth-order valence-electron chi connectivity index (χ4n) is 5.46. The van der Waals surface area contributed by atoms with Gasteiger partial charge in [0.05, 0.1) is 6.61 Å². The predicted molar refractivity (Wildman–Crippen MR) is 120 cm³/mol. The van der Waals surface area contributed by atoms with Crippen LogP contribution in [-0.4, -0.2) is 59.2 Å². The van der Waals surface area contributed by atoms with E-state index in [1.54, 1.807) is 0 Å². The van der Waals surface area contributed by atoms with Crippen molar-refractivity contribution >= 4 is 16.8 Å². The molecule has 1 unspecified atom stereocenters. The molecule has 2 aromatic rings. The Bertz CT molecular complexity index is 949. The highest BCUT2D eigenvalue weighted by atomic mass is 16.5. The molecule has 30 heavy (non-hydrogen) atoms. The number of rotatable bonds is 4. The van der Waals surface area contributed by atoms with Crippen molar-refractivity contribution in [3.8, 4) is 0 Å². The highest BCUT2D eigenvalue weighted by molar-refractivity contribution is 5.99. The molecule has 0 spiro atoms. The first kappa shape index (κ1) is 19.8. The summed E-state index contributed by atoms with van der Waals surface area (Å²) in [5.41, 5.74) is 4.87. The second kappa shape index (κ2) is 8.20. The lowest BCUT2D eigenvalue weighted by molar-refractivity contribution is 0.0697. The van der Waals surface area contributed by atoms with Crippen LogP contribution in [0.15, 0.2) is 30.9 Å². The Balaban J connectivity index is 1.50. The monoisotopic (exact) mass is 407 g/mol. The van der Waals surface area contributed by atoms with Gasteiger partial charge in [0.1, 0.15) is 0 Å². The number of amides is 1. The summed E-state index contributed by atoms with van der Waals surface area (Å²) >= 11 is 0. The molecular weight excluding hydrogens is 374 g/mol. The number of hydrogen-bond acceptors (Lipinski definition) is 3. The molecule has 2 saturated heterocycles. The van der Waals surface area contributed by atoms with Gasteiger partial charge in [0.2, 0.25) is 0 Å². The molecule has 5 heteroatoms. The fourth-order valence-corrected chi connectivity index (χ4v) is 5.46. The summed E-state index contributed by atoms with van der Waals surface area (Å²) in [4.78, 5) is 17.8. The molecule has 0 bridgehead atoms. The van der Waals surface area contributed by atoms with E-state index in [4.69, 9.17) is 4.74 Å². The Morgan fingerprint density at radius 3 is 2.80 bits per heavy atom. The maximum absolute atomic E-state index is 13.2. The maximum atomic E-state index is 13.2. The topological polar surface area (TPSA) is 37.7 Å². The van der Waals surface area contributed by atoms with Crippen LogP contribution in [0.25, 0.3) is 10.9 Å². The van der Waals surface area contributed by atoms with Gasteiger partial charge in [0, 0.05) is 74.0 Å². The van der Waals surface area contributed by atoms with Crippen molar-refractivity contribution in [1.29, 1.82) is 0 Å². The van der Waals surface area contributed by atoms with E-state index in [1.165, 1.54) is 22.2 Å². The average molecular weight is 408 g/mol. The van der Waals surface area contributed by atoms with Gasteiger partial charge in [-0.15, -0.1) is 6.58 Å². The lowest BCUT2D eigenvalue weighted by Crippen LogP contribution is -2.39. The number of nitrogens with zero attached hydrogens (tertiary/aromatic N) is 3. The van der Waals surface area contributed by atoms with E-state index in [2.05, 4.69) is 35.1 Å². The number of carbonyl (C=O) groups is 1. The normalized spacial score (nSPS) is 23.1. The van der Waals surface area contributed by atoms with E-state index >= 15 is 0 Å². The predicted octanol–water partition coefficient (Wildman–Crippen LogP) is 3.85. The van der Waals surface area contributed by atoms with Crippen LogP contribution in [0.2, 0.25) is 0 Å². The van der Waals surface area contributed by atoms with E-state index in [9.17, 15) is 4.79 Å². The lowest BCUT2D eigenvalue weighted by Gasteiger charge is -2.32. The molecule has 1 aromatic heterocycles. The van der Waals surface area contributed by atoms with Crippen molar-refractivity contribution in [2.45, 2.75) is 51.7 Å². The SMILES string of the molecule is C=CCn1c2c(c3cc(C(=O)N4CCC(C)CC4)ccc31)CN(C1CCOC1)CC2. The number of aromatic nitrogens is 1. The minimum Gasteiger partial charge on any atom is -0.380 e. The highest BCUT2D eigenvalue weighted by Crippen LogP contribution is 2.34. The van der Waals surface area contributed by atoms with Crippen molar-refractivity contribution in [2.75, 3.05) is 32.8 Å². The number of piperidine rings is 1. The summed E-state index contributed by atoms with van der Waals surface area (Å²) in [6.45, 7) is 12.6. The van der Waals surface area contributed by atoms with Crippen molar-refractivity contribution in [2.24, 2.45) is 5.92 Å². The summed E-state index contributed by atoms with van der Waals surface area (Å²) in [5, 5.41) is 1.24. The Labute approximate surface area is 179 Å². The zero-order chi connectivity index (χ0) is 20.7. The van der Waals surface area contributed by atoms with Gasteiger partial charge in [-0.3, -0.25) is 9.69 Å². The standard InChI is InChI=1S/C25H33N3O2/c1-3-10-28-23-5-4-19(25(29)26-11-6-18(2)7-12-26)15-21(23)22-16-27(13-8-24(22)28)20-9-14-30-17-20/h3-5,15,18,20H,1,6-14,16-17H2,2H3. The van der Waals surface area contributed by atoms with E-state index in [-0.39, 0.29) is 5.91 Å². The molecule has 3 aliphatic heterocycles. The van der Waals surface area contributed by atoms with Gasteiger partial charge >= 0.3 is 0 Å². The molecule has 2 fully saturated rings. The molecule has 1 atom stereocenters. The van der Waals surface area contributed by atoms with Crippen molar-refractivity contribution < 1.29 is 9.53 Å². The largest absolute Gasteiger partial charge is 0.380 e. The van der Waals surface area contributed by atoms with Crippen LogP contribution >= 0.6 is 0 Å². The number of likely N-dealkylation sites (tertiary alicyclic amines) is 1. The Morgan fingerprint density at radius 2 is 2.07 bits per heavy atom. The summed E-state index contributed by atoms with van der Waals surface area (Å²) in [5.74, 6) is 0.910. The van der Waals surface area contributed by atoms with E-state index in [1.807, 2.05) is 17.0 Å². The van der Waals surface area contributed by atoms with Crippen LogP contribution in [-0.2, 0) is 24.2 Å². The van der Waals surface area contributed by atoms with E-state index < -0.39 is 0 Å². The second-order valence-electron chi connectivity index (χ2n) is 9.27. The third-order valence-corrected chi connectivity index (χ3v) is 7.34. The molecule has 1 amide bonds. The summed E-state index contributed by atoms with van der Waals surface area (Å²) in [7, 11) is 0. The fraction of sp³-hybridized carbons (Fsp3) is 0.560. The maximum Gasteiger partial charge on any atom is 0.253 e. The summed E-state index contributed by atoms with van der Waals surface area (Å²) in [6, 6.07) is 6.86. The van der Waals surface area contributed by atoms with Crippen LogP contribution in [0.5, 0.6) is 0 Å². The minimum atomic E-state index is 0.186. The molecular formula is C25H33N3O2. The van der Waals surface area contributed by atoms with Gasteiger partial charge in [-0.25, -0.2) is 0 Å². The van der Waals surface area contributed by atoms with Gasteiger partial charge in [0.15, 0.2) is 0 Å². The quantitative estimate of drug-likeness (QED) is 0.723. The molecule has 0 aliphatic carbocycles. The zero-order valence-electron chi connectivity index (χ0n) is 18.1. The number of benzene rings is 1. The zero-order valence-corrected chi connectivity index (χ0v) is 18.1. The lowest BCUT2D eigenvalue weighted by atomic mass is 9.98. The first-order chi connectivity index (χ1) is 14.7. The van der Waals surface area contributed by atoms with Crippen molar-refractivity contribution in [1.82, 2.24) is 14.4 Å². The van der Waals surface area contributed by atoms with Gasteiger partial charge in [-0.1, -0.05) is 13.0 Å². The second-order valence-corrected chi connectivity index (χ2v) is 9.27. The molecule has 5 nitrogen and oxygen atoms in total. The first-order valence-electron chi connectivity index (χ1n) is 11.5. The van der Waals surface area contributed by atoms with Gasteiger partial charge in [-0.2, -0.15) is 0 Å². The highest BCUT2D eigenvalue weighted by Gasteiger charge is 2.30. The smallest absolute Gasteiger partial charge is 0.253 e.